The number of thiazole rings is 1. The van der Waals surface area contributed by atoms with Crippen molar-refractivity contribution in [1.29, 1.82) is 0 Å². The predicted octanol–water partition coefficient (Wildman–Crippen LogP) is 1.04. The first-order valence-corrected chi connectivity index (χ1v) is 8.45. The first-order valence-electron chi connectivity index (χ1n) is 7.57. The van der Waals surface area contributed by atoms with Crippen LogP contribution in [-0.4, -0.2) is 47.2 Å². The van der Waals surface area contributed by atoms with Crippen LogP contribution >= 0.6 is 11.3 Å². The largest absolute Gasteiger partial charge is 0.353 e. The highest BCUT2D eigenvalue weighted by molar-refractivity contribution is 7.14. The topological polar surface area (TPSA) is 91.4 Å². The molecule has 1 saturated heterocycles. The first-order chi connectivity index (χ1) is 12.0. The number of carbonyl (C=O) groups is 3. The lowest BCUT2D eigenvalue weighted by molar-refractivity contribution is -0.137. The van der Waals surface area contributed by atoms with Crippen molar-refractivity contribution in [3.05, 3.63) is 46.7 Å². The summed E-state index contributed by atoms with van der Waals surface area (Å²) in [7, 11) is 0. The third kappa shape index (κ3) is 4.38. The van der Waals surface area contributed by atoms with Gasteiger partial charge in [-0.05, 0) is 24.3 Å². The molecule has 1 fully saturated rings. The average molecular weight is 362 g/mol. The highest BCUT2D eigenvalue weighted by atomic mass is 32.1. The lowest BCUT2D eigenvalue weighted by atomic mass is 10.2. The van der Waals surface area contributed by atoms with Crippen molar-refractivity contribution in [3.8, 4) is 0 Å². The van der Waals surface area contributed by atoms with Crippen LogP contribution in [0.25, 0.3) is 0 Å². The van der Waals surface area contributed by atoms with Gasteiger partial charge in [0.2, 0.25) is 11.8 Å². The van der Waals surface area contributed by atoms with Crippen molar-refractivity contribution in [2.75, 3.05) is 25.0 Å². The standard InChI is InChI=1S/C16H15FN4O3S/c17-11-3-1-10(2-4-11)15(24)20-16-19-12(9-25-16)7-14(23)21-6-5-18-13(22)8-21/h1-4,9H,5-8H2,(H,18,22)(H,19,20,24). The van der Waals surface area contributed by atoms with E-state index in [2.05, 4.69) is 15.6 Å². The molecule has 1 aromatic carbocycles. The summed E-state index contributed by atoms with van der Waals surface area (Å²) >= 11 is 1.20. The molecule has 0 atom stereocenters. The Morgan fingerprint density at radius 2 is 2.08 bits per heavy atom. The van der Waals surface area contributed by atoms with E-state index in [0.717, 1.165) is 0 Å². The molecule has 2 N–H and O–H groups in total. The third-order valence-electron chi connectivity index (χ3n) is 3.60. The van der Waals surface area contributed by atoms with Gasteiger partial charge in [-0.25, -0.2) is 9.37 Å². The fraction of sp³-hybridized carbons (Fsp3) is 0.250. The van der Waals surface area contributed by atoms with Crippen LogP contribution in [-0.2, 0) is 16.0 Å². The van der Waals surface area contributed by atoms with Gasteiger partial charge < -0.3 is 10.2 Å². The first kappa shape index (κ1) is 17.0. The van der Waals surface area contributed by atoms with Gasteiger partial charge in [0.05, 0.1) is 18.7 Å². The van der Waals surface area contributed by atoms with Gasteiger partial charge in [0.15, 0.2) is 5.13 Å². The Morgan fingerprint density at radius 1 is 1.32 bits per heavy atom. The van der Waals surface area contributed by atoms with Crippen molar-refractivity contribution in [3.63, 3.8) is 0 Å². The summed E-state index contributed by atoms with van der Waals surface area (Å²) in [6, 6.07) is 5.17. The van der Waals surface area contributed by atoms with Crippen molar-refractivity contribution >= 4 is 34.2 Å². The van der Waals surface area contributed by atoms with Crippen molar-refractivity contribution in [2.24, 2.45) is 0 Å². The van der Waals surface area contributed by atoms with Crippen LogP contribution in [0.15, 0.2) is 29.6 Å². The Morgan fingerprint density at radius 3 is 2.80 bits per heavy atom. The quantitative estimate of drug-likeness (QED) is 0.850. The van der Waals surface area contributed by atoms with E-state index in [4.69, 9.17) is 0 Å². The highest BCUT2D eigenvalue weighted by Crippen LogP contribution is 2.17. The zero-order valence-corrected chi connectivity index (χ0v) is 13.9. The summed E-state index contributed by atoms with van der Waals surface area (Å²) in [6.07, 6.45) is 0.0657. The minimum absolute atomic E-state index is 0.0527. The van der Waals surface area contributed by atoms with Gasteiger partial charge >= 0.3 is 0 Å². The molecule has 0 radical (unpaired) electrons. The Kier molecular flexibility index (Phi) is 5.03. The van der Waals surface area contributed by atoms with E-state index in [-0.39, 0.29) is 24.8 Å². The third-order valence-corrected chi connectivity index (χ3v) is 4.41. The summed E-state index contributed by atoms with van der Waals surface area (Å²) in [6.45, 7) is 0.973. The lowest BCUT2D eigenvalue weighted by Crippen LogP contribution is -2.50. The number of piperazine rings is 1. The molecule has 0 aliphatic carbocycles. The monoisotopic (exact) mass is 362 g/mol. The molecule has 3 amide bonds. The van der Waals surface area contributed by atoms with Crippen molar-refractivity contribution in [2.45, 2.75) is 6.42 Å². The second-order valence-corrected chi connectivity index (χ2v) is 6.31. The van der Waals surface area contributed by atoms with Crippen molar-refractivity contribution < 1.29 is 18.8 Å². The molecule has 0 spiro atoms. The smallest absolute Gasteiger partial charge is 0.257 e. The van der Waals surface area contributed by atoms with Gasteiger partial charge in [-0.3, -0.25) is 19.7 Å². The fourth-order valence-corrected chi connectivity index (χ4v) is 3.04. The van der Waals surface area contributed by atoms with E-state index in [1.54, 1.807) is 5.38 Å². The maximum atomic E-state index is 12.9. The van der Waals surface area contributed by atoms with E-state index in [1.807, 2.05) is 0 Å². The summed E-state index contributed by atoms with van der Waals surface area (Å²) in [5, 5.41) is 7.31. The molecule has 9 heteroatoms. The number of nitrogens with zero attached hydrogens (tertiary/aromatic N) is 2. The zero-order valence-electron chi connectivity index (χ0n) is 13.1. The summed E-state index contributed by atoms with van der Waals surface area (Å²) < 4.78 is 12.9. The molecule has 1 aromatic heterocycles. The minimum atomic E-state index is -0.419. The second-order valence-electron chi connectivity index (χ2n) is 5.45. The van der Waals surface area contributed by atoms with Crippen molar-refractivity contribution in [1.82, 2.24) is 15.2 Å². The number of benzene rings is 1. The van der Waals surface area contributed by atoms with E-state index in [9.17, 15) is 18.8 Å². The molecule has 1 aliphatic heterocycles. The molecular formula is C16H15FN4O3S. The number of hydrogen-bond acceptors (Lipinski definition) is 5. The Bertz CT molecular complexity index is 806. The van der Waals surface area contributed by atoms with E-state index in [0.29, 0.717) is 29.5 Å². The SMILES string of the molecule is O=C1CN(C(=O)Cc2csc(NC(=O)c3ccc(F)cc3)n2)CCN1. The normalized spacial score (nSPS) is 14.1. The van der Waals surface area contributed by atoms with E-state index >= 15 is 0 Å². The van der Waals surface area contributed by atoms with Crippen LogP contribution in [0.3, 0.4) is 0 Å². The number of rotatable bonds is 4. The second kappa shape index (κ2) is 7.39. The molecule has 25 heavy (non-hydrogen) atoms. The predicted molar refractivity (Wildman–Crippen MR) is 89.8 cm³/mol. The van der Waals surface area contributed by atoms with Crippen LogP contribution in [0.1, 0.15) is 16.1 Å². The fourth-order valence-electron chi connectivity index (χ4n) is 2.33. The van der Waals surface area contributed by atoms with Crippen LogP contribution in [0.2, 0.25) is 0 Å². The van der Waals surface area contributed by atoms with Crippen LogP contribution in [0.4, 0.5) is 9.52 Å². The van der Waals surface area contributed by atoms with Gasteiger partial charge in [-0.1, -0.05) is 0 Å². The number of aromatic nitrogens is 1. The number of anilines is 1. The molecule has 7 nitrogen and oxygen atoms in total. The molecule has 0 unspecified atom stereocenters. The molecule has 2 heterocycles. The maximum absolute atomic E-state index is 12.9. The minimum Gasteiger partial charge on any atom is -0.353 e. The number of halogens is 1. The summed E-state index contributed by atoms with van der Waals surface area (Å²) in [5.74, 6) is -1.18. The van der Waals surface area contributed by atoms with Gasteiger partial charge in [0.25, 0.3) is 5.91 Å². The molecular weight excluding hydrogens is 347 g/mol. The van der Waals surface area contributed by atoms with Crippen LogP contribution in [0.5, 0.6) is 0 Å². The Hall–Kier alpha value is -2.81. The Labute approximate surface area is 146 Å². The molecule has 130 valence electrons. The van der Waals surface area contributed by atoms with Crippen LogP contribution < -0.4 is 10.6 Å². The highest BCUT2D eigenvalue weighted by Gasteiger charge is 2.22. The van der Waals surface area contributed by atoms with Crippen LogP contribution in [0, 0.1) is 5.82 Å². The average Bonchev–Trinajstić information content (AvgIpc) is 3.02. The van der Waals surface area contributed by atoms with Gasteiger partial charge in [-0.15, -0.1) is 11.3 Å². The molecule has 2 aromatic rings. The van der Waals surface area contributed by atoms with E-state index in [1.165, 1.54) is 40.5 Å². The lowest BCUT2D eigenvalue weighted by Gasteiger charge is -2.26. The number of carbonyl (C=O) groups excluding carboxylic acids is 3. The van der Waals surface area contributed by atoms with Gasteiger partial charge in [0, 0.05) is 24.0 Å². The molecule has 3 rings (SSSR count). The number of hydrogen-bond donors (Lipinski definition) is 2. The number of nitrogens with one attached hydrogen (secondary N) is 2. The molecule has 0 saturated carbocycles. The Balaban J connectivity index is 1.58. The number of amides is 3. The van der Waals surface area contributed by atoms with Gasteiger partial charge in [-0.2, -0.15) is 0 Å². The summed E-state index contributed by atoms with van der Waals surface area (Å²) in [4.78, 5) is 41.3. The summed E-state index contributed by atoms with van der Waals surface area (Å²) in [5.41, 5.74) is 0.837. The molecule has 0 bridgehead atoms. The molecule has 1 aliphatic rings. The van der Waals surface area contributed by atoms with E-state index < -0.39 is 11.7 Å². The maximum Gasteiger partial charge on any atom is 0.257 e. The zero-order chi connectivity index (χ0) is 17.8. The van der Waals surface area contributed by atoms with Gasteiger partial charge in [0.1, 0.15) is 5.82 Å².